The normalized spacial score (nSPS) is 26.0. The molecule has 1 saturated carbocycles. The van der Waals surface area contributed by atoms with Gasteiger partial charge in [-0.3, -0.25) is 0 Å². The molecule has 0 aliphatic heterocycles. The van der Waals surface area contributed by atoms with Gasteiger partial charge < -0.3 is 10.2 Å². The van der Waals surface area contributed by atoms with E-state index in [2.05, 4.69) is 52.1 Å². The van der Waals surface area contributed by atoms with E-state index in [0.717, 1.165) is 44.3 Å². The maximum Gasteiger partial charge on any atom is 0.0598 e. The van der Waals surface area contributed by atoms with Crippen molar-refractivity contribution in [3.63, 3.8) is 0 Å². The minimum absolute atomic E-state index is 0.0270. The summed E-state index contributed by atoms with van der Waals surface area (Å²) in [4.78, 5) is 0. The Morgan fingerprint density at radius 1 is 1.30 bits per heavy atom. The van der Waals surface area contributed by atoms with Crippen LogP contribution in [0.25, 0.3) is 0 Å². The number of thiol groups is 1. The molecule has 0 aromatic rings. The van der Waals surface area contributed by atoms with E-state index in [0.29, 0.717) is 11.8 Å². The lowest BCUT2D eigenvalue weighted by Gasteiger charge is -2.38. The maximum absolute atomic E-state index is 10.4. The van der Waals surface area contributed by atoms with E-state index in [1.54, 1.807) is 0 Å². The molecule has 0 bridgehead atoms. The van der Waals surface area contributed by atoms with Crippen LogP contribution in [-0.2, 0) is 0 Å². The third-order valence-corrected chi connectivity index (χ3v) is 4.80. The van der Waals surface area contributed by atoms with Gasteiger partial charge in [0.2, 0.25) is 0 Å². The molecule has 2 N–H and O–H groups in total. The lowest BCUT2D eigenvalue weighted by atomic mass is 9.72. The highest BCUT2D eigenvalue weighted by atomic mass is 32.1. The molecule has 0 aromatic heterocycles. The van der Waals surface area contributed by atoms with E-state index < -0.39 is 6.10 Å². The summed E-state index contributed by atoms with van der Waals surface area (Å²) < 4.78 is 0. The fourth-order valence-electron chi connectivity index (χ4n) is 3.18. The second-order valence-electron chi connectivity index (χ2n) is 6.90. The quantitative estimate of drug-likeness (QED) is 0.428. The molecule has 2 unspecified atom stereocenters. The van der Waals surface area contributed by atoms with Crippen molar-refractivity contribution in [2.24, 2.45) is 17.8 Å². The van der Waals surface area contributed by atoms with Crippen LogP contribution in [0.15, 0.2) is 24.8 Å². The average molecular weight is 343 g/mol. The van der Waals surface area contributed by atoms with Crippen LogP contribution in [0.1, 0.15) is 65.7 Å². The second-order valence-corrected chi connectivity index (χ2v) is 7.35. The molecular weight excluding hydrogens is 304 g/mol. The second kappa shape index (κ2) is 14.1. The first-order valence-electron chi connectivity index (χ1n) is 9.22. The summed E-state index contributed by atoms with van der Waals surface area (Å²) in [6.07, 6.45) is 12.2. The topological polar surface area (TPSA) is 40.5 Å². The first-order valence-corrected chi connectivity index (χ1v) is 9.85. The molecule has 0 radical (unpaired) electrons. The van der Waals surface area contributed by atoms with Gasteiger partial charge in [-0.05, 0) is 56.1 Å². The van der Waals surface area contributed by atoms with E-state index in [4.69, 9.17) is 0 Å². The zero-order valence-corrected chi connectivity index (χ0v) is 16.2. The van der Waals surface area contributed by atoms with Crippen molar-refractivity contribution in [2.45, 2.75) is 77.9 Å². The van der Waals surface area contributed by atoms with Gasteiger partial charge in [-0.25, -0.2) is 0 Å². The molecule has 1 aliphatic carbocycles. The average Bonchev–Trinajstić information content (AvgIpc) is 2.52. The molecule has 136 valence electrons. The van der Waals surface area contributed by atoms with Crippen molar-refractivity contribution in [1.82, 2.24) is 0 Å². The highest BCUT2D eigenvalue weighted by Crippen LogP contribution is 2.36. The summed E-state index contributed by atoms with van der Waals surface area (Å²) in [5.74, 6) is 2.00. The number of hydrogen-bond acceptors (Lipinski definition) is 3. The standard InChI is InChI=1S/C17H30O2.C3H8S/c1-4-8-14-10-7-12-16(19)17(14)15(18)11-6-5-9-13(2)3;1-2-3-4/h4-5,9,13-19H,1,6-8,10-12H2,2-3H3;4H,2-3H2,1H3/b9-5+;/t14-,15?,16+,17?;/m0./s1. The monoisotopic (exact) mass is 342 g/mol. The van der Waals surface area contributed by atoms with Crippen molar-refractivity contribution >= 4 is 12.6 Å². The van der Waals surface area contributed by atoms with Crippen LogP contribution in [0.2, 0.25) is 0 Å². The van der Waals surface area contributed by atoms with Gasteiger partial charge in [0.1, 0.15) is 0 Å². The van der Waals surface area contributed by atoms with Crippen LogP contribution >= 0.6 is 12.6 Å². The van der Waals surface area contributed by atoms with Crippen LogP contribution in [0.4, 0.5) is 0 Å². The summed E-state index contributed by atoms with van der Waals surface area (Å²) in [5, 5.41) is 20.5. The number of aliphatic hydroxyl groups is 2. The minimum Gasteiger partial charge on any atom is -0.393 e. The minimum atomic E-state index is -0.392. The molecule has 1 fully saturated rings. The Morgan fingerprint density at radius 2 is 1.96 bits per heavy atom. The fourth-order valence-corrected chi connectivity index (χ4v) is 3.18. The molecule has 1 aliphatic rings. The third-order valence-electron chi connectivity index (χ3n) is 4.35. The van der Waals surface area contributed by atoms with Gasteiger partial charge in [-0.1, -0.05) is 45.4 Å². The summed E-state index contributed by atoms with van der Waals surface area (Å²) in [5.41, 5.74) is 0. The van der Waals surface area contributed by atoms with Crippen LogP contribution in [-0.4, -0.2) is 28.2 Å². The molecule has 3 heteroatoms. The number of rotatable bonds is 8. The molecule has 23 heavy (non-hydrogen) atoms. The van der Waals surface area contributed by atoms with Crippen molar-refractivity contribution in [2.75, 3.05) is 5.75 Å². The summed E-state index contributed by atoms with van der Waals surface area (Å²) >= 11 is 3.92. The molecule has 2 nitrogen and oxygen atoms in total. The van der Waals surface area contributed by atoms with Gasteiger partial charge in [-0.2, -0.15) is 12.6 Å². The Balaban J connectivity index is 0.00000108. The fraction of sp³-hybridized carbons (Fsp3) is 0.800. The highest BCUT2D eigenvalue weighted by Gasteiger charge is 2.35. The lowest BCUT2D eigenvalue weighted by Crippen LogP contribution is -2.40. The van der Waals surface area contributed by atoms with Gasteiger partial charge >= 0.3 is 0 Å². The summed E-state index contributed by atoms with van der Waals surface area (Å²) in [6.45, 7) is 10.2. The predicted octanol–water partition coefficient (Wildman–Crippen LogP) is 5.02. The van der Waals surface area contributed by atoms with Gasteiger partial charge in [0.15, 0.2) is 0 Å². The van der Waals surface area contributed by atoms with Crippen molar-refractivity contribution < 1.29 is 10.2 Å². The van der Waals surface area contributed by atoms with Gasteiger partial charge in [-0.15, -0.1) is 6.58 Å². The van der Waals surface area contributed by atoms with Crippen LogP contribution in [0, 0.1) is 17.8 Å². The van der Waals surface area contributed by atoms with E-state index in [9.17, 15) is 10.2 Å². The molecule has 0 saturated heterocycles. The number of allylic oxidation sites excluding steroid dienone is 3. The van der Waals surface area contributed by atoms with Crippen molar-refractivity contribution in [1.29, 1.82) is 0 Å². The van der Waals surface area contributed by atoms with Gasteiger partial charge in [0.05, 0.1) is 12.2 Å². The Hall–Kier alpha value is -0.250. The van der Waals surface area contributed by atoms with Crippen LogP contribution < -0.4 is 0 Å². The Labute approximate surface area is 149 Å². The molecule has 4 atom stereocenters. The Kier molecular flexibility index (Phi) is 14.0. The molecule has 0 aromatic carbocycles. The summed E-state index contributed by atoms with van der Waals surface area (Å²) in [6, 6.07) is 0. The molecule has 1 rings (SSSR count). The zero-order valence-electron chi connectivity index (χ0n) is 15.3. The molecule has 0 spiro atoms. The van der Waals surface area contributed by atoms with E-state index in [-0.39, 0.29) is 12.0 Å². The molecule has 0 amide bonds. The van der Waals surface area contributed by atoms with E-state index >= 15 is 0 Å². The van der Waals surface area contributed by atoms with E-state index in [1.165, 1.54) is 6.42 Å². The van der Waals surface area contributed by atoms with E-state index in [1.807, 2.05) is 6.08 Å². The number of hydrogen-bond donors (Lipinski definition) is 3. The molecule has 0 heterocycles. The summed E-state index contributed by atoms with van der Waals surface area (Å²) in [7, 11) is 0. The SMILES string of the molecule is C=CC[C@H]1CCC[C@@H](O)C1C(O)CC/C=C/C(C)C.CCCS. The molecular formula is C20H38O2S. The smallest absolute Gasteiger partial charge is 0.0598 e. The lowest BCUT2D eigenvalue weighted by molar-refractivity contribution is -0.0457. The highest BCUT2D eigenvalue weighted by molar-refractivity contribution is 7.80. The zero-order chi connectivity index (χ0) is 17.7. The van der Waals surface area contributed by atoms with Crippen LogP contribution in [0.5, 0.6) is 0 Å². The first-order chi connectivity index (χ1) is 11.0. The third kappa shape index (κ3) is 10.3. The largest absolute Gasteiger partial charge is 0.393 e. The van der Waals surface area contributed by atoms with Crippen molar-refractivity contribution in [3.8, 4) is 0 Å². The number of aliphatic hydroxyl groups excluding tert-OH is 2. The maximum atomic E-state index is 10.4. The Bertz CT molecular complexity index is 313. The first kappa shape index (κ1) is 22.8. The van der Waals surface area contributed by atoms with Gasteiger partial charge in [0.25, 0.3) is 0 Å². The Morgan fingerprint density at radius 3 is 2.48 bits per heavy atom. The van der Waals surface area contributed by atoms with Crippen LogP contribution in [0.3, 0.4) is 0 Å². The van der Waals surface area contributed by atoms with Crippen molar-refractivity contribution in [3.05, 3.63) is 24.8 Å². The van der Waals surface area contributed by atoms with Gasteiger partial charge in [0, 0.05) is 5.92 Å². The predicted molar refractivity (Wildman–Crippen MR) is 105 cm³/mol.